The van der Waals surface area contributed by atoms with Crippen LogP contribution in [0.1, 0.15) is 10.4 Å². The van der Waals surface area contributed by atoms with E-state index in [1.165, 1.54) is 0 Å². The Balaban J connectivity index is 2.40. The van der Waals surface area contributed by atoms with Crippen LogP contribution in [-0.2, 0) is 0 Å². The molecule has 0 saturated carbocycles. The van der Waals surface area contributed by atoms with Gasteiger partial charge in [0.2, 0.25) is 0 Å². The van der Waals surface area contributed by atoms with Crippen molar-refractivity contribution in [3.05, 3.63) is 57.5 Å². The second-order valence-electron chi connectivity index (χ2n) is 3.30. The number of hydrogen-bond acceptors (Lipinski definition) is 2. The Hall–Kier alpha value is -1.32. The zero-order valence-corrected chi connectivity index (χ0v) is 11.0. The van der Waals surface area contributed by atoms with Gasteiger partial charge in [0, 0.05) is 0 Å². The van der Waals surface area contributed by atoms with Gasteiger partial charge >= 0.3 is 0 Å². The van der Waals surface area contributed by atoms with Crippen LogP contribution < -0.4 is 4.74 Å². The number of hydrogen-bond donors (Lipinski definition) is 0. The summed E-state index contributed by atoms with van der Waals surface area (Å²) < 4.78 is 6.47. The number of para-hydroxylation sites is 1. The molecule has 0 amide bonds. The number of aldehydes is 1. The van der Waals surface area contributed by atoms with Crippen molar-refractivity contribution in [1.29, 1.82) is 0 Å². The monoisotopic (exact) mass is 310 g/mol. The summed E-state index contributed by atoms with van der Waals surface area (Å²) >= 11 is 9.29. The Bertz CT molecular complexity index is 555. The quantitative estimate of drug-likeness (QED) is 0.768. The summed E-state index contributed by atoms with van der Waals surface area (Å²) in [6.07, 6.45) is 0.689. The summed E-state index contributed by atoms with van der Waals surface area (Å²) in [6, 6.07) is 12.5. The van der Waals surface area contributed by atoms with E-state index in [0.29, 0.717) is 28.4 Å². The van der Waals surface area contributed by atoms with Crippen molar-refractivity contribution < 1.29 is 9.53 Å². The molecule has 2 nitrogen and oxygen atoms in total. The van der Waals surface area contributed by atoms with Crippen molar-refractivity contribution in [2.75, 3.05) is 0 Å². The largest absolute Gasteiger partial charge is 0.455 e. The Morgan fingerprint density at radius 1 is 1.06 bits per heavy atom. The lowest BCUT2D eigenvalue weighted by Gasteiger charge is -2.10. The minimum absolute atomic E-state index is 0.352. The zero-order valence-electron chi connectivity index (χ0n) is 8.69. The molecule has 0 heterocycles. The number of carbonyl (C=O) groups excluding carboxylic acids is 1. The Morgan fingerprint density at radius 3 is 2.47 bits per heavy atom. The van der Waals surface area contributed by atoms with E-state index >= 15 is 0 Å². The van der Waals surface area contributed by atoms with Gasteiger partial charge in [0.1, 0.15) is 11.5 Å². The summed E-state index contributed by atoms with van der Waals surface area (Å²) in [4.78, 5) is 10.9. The molecule has 2 aromatic rings. The zero-order chi connectivity index (χ0) is 12.3. The molecule has 2 aromatic carbocycles. The van der Waals surface area contributed by atoms with E-state index in [0.717, 1.165) is 4.47 Å². The van der Waals surface area contributed by atoms with Gasteiger partial charge in [0.25, 0.3) is 0 Å². The van der Waals surface area contributed by atoms with Crippen LogP contribution in [0, 0.1) is 0 Å². The molecule has 86 valence electrons. The first-order valence-electron chi connectivity index (χ1n) is 4.88. The maximum absolute atomic E-state index is 10.9. The van der Waals surface area contributed by atoms with Gasteiger partial charge in [-0.2, -0.15) is 0 Å². The highest BCUT2D eigenvalue weighted by atomic mass is 79.9. The van der Waals surface area contributed by atoms with Crippen molar-refractivity contribution in [3.8, 4) is 11.5 Å². The lowest BCUT2D eigenvalue weighted by Crippen LogP contribution is -1.91. The Kier molecular flexibility index (Phi) is 3.82. The third-order valence-corrected chi connectivity index (χ3v) is 3.17. The van der Waals surface area contributed by atoms with Crippen LogP contribution in [0.15, 0.2) is 46.9 Å². The summed E-state index contributed by atoms with van der Waals surface area (Å²) in [5.41, 5.74) is 0.352. The summed E-state index contributed by atoms with van der Waals surface area (Å²) in [5, 5.41) is 0.379. The Labute approximate surface area is 112 Å². The first-order valence-corrected chi connectivity index (χ1v) is 6.05. The molecule has 0 spiro atoms. The number of ether oxygens (including phenoxy) is 1. The second kappa shape index (κ2) is 5.34. The van der Waals surface area contributed by atoms with Crippen LogP contribution in [0.25, 0.3) is 0 Å². The van der Waals surface area contributed by atoms with Crippen molar-refractivity contribution in [3.63, 3.8) is 0 Å². The fourth-order valence-electron chi connectivity index (χ4n) is 1.37. The van der Waals surface area contributed by atoms with Gasteiger partial charge in [-0.05, 0) is 40.2 Å². The molecule has 0 N–H and O–H groups in total. The van der Waals surface area contributed by atoms with Gasteiger partial charge in [-0.15, -0.1) is 0 Å². The molecule has 0 aliphatic carbocycles. The lowest BCUT2D eigenvalue weighted by molar-refractivity contribution is 0.112. The van der Waals surface area contributed by atoms with E-state index in [4.69, 9.17) is 16.3 Å². The summed E-state index contributed by atoms with van der Waals surface area (Å²) in [6.45, 7) is 0. The van der Waals surface area contributed by atoms with Gasteiger partial charge in [0.05, 0.1) is 15.1 Å². The van der Waals surface area contributed by atoms with Crippen molar-refractivity contribution in [1.82, 2.24) is 0 Å². The van der Waals surface area contributed by atoms with Crippen molar-refractivity contribution >= 4 is 33.8 Å². The van der Waals surface area contributed by atoms with E-state index < -0.39 is 0 Å². The second-order valence-corrected chi connectivity index (χ2v) is 4.56. The topological polar surface area (TPSA) is 26.3 Å². The van der Waals surface area contributed by atoms with Gasteiger partial charge in [0.15, 0.2) is 6.29 Å². The molecule has 17 heavy (non-hydrogen) atoms. The average Bonchev–Trinajstić information content (AvgIpc) is 2.32. The van der Waals surface area contributed by atoms with Crippen LogP contribution in [0.4, 0.5) is 0 Å². The van der Waals surface area contributed by atoms with E-state index in [-0.39, 0.29) is 0 Å². The molecule has 4 heteroatoms. The highest BCUT2D eigenvalue weighted by molar-refractivity contribution is 9.10. The fraction of sp³-hybridized carbons (Fsp3) is 0. The van der Waals surface area contributed by atoms with Crippen LogP contribution in [0.2, 0.25) is 5.02 Å². The fourth-order valence-corrected chi connectivity index (χ4v) is 1.94. The molecular weight excluding hydrogens is 303 g/mol. The van der Waals surface area contributed by atoms with Gasteiger partial charge < -0.3 is 4.74 Å². The van der Waals surface area contributed by atoms with Crippen LogP contribution in [-0.4, -0.2) is 6.29 Å². The molecule has 0 radical (unpaired) electrons. The molecule has 0 aromatic heterocycles. The van der Waals surface area contributed by atoms with Crippen molar-refractivity contribution in [2.45, 2.75) is 0 Å². The number of rotatable bonds is 3. The van der Waals surface area contributed by atoms with Crippen LogP contribution in [0.5, 0.6) is 11.5 Å². The van der Waals surface area contributed by atoms with Gasteiger partial charge in [-0.3, -0.25) is 4.79 Å². The average molecular weight is 312 g/mol. The molecule has 0 saturated heterocycles. The van der Waals surface area contributed by atoms with Gasteiger partial charge in [-0.1, -0.05) is 29.8 Å². The van der Waals surface area contributed by atoms with E-state index in [2.05, 4.69) is 15.9 Å². The van der Waals surface area contributed by atoms with Gasteiger partial charge in [-0.25, -0.2) is 0 Å². The number of halogens is 2. The molecule has 0 aliphatic heterocycles. The molecular formula is C13H8BrClO2. The SMILES string of the molecule is O=Cc1c(Cl)cccc1Oc1ccccc1Br. The predicted octanol–water partition coefficient (Wildman–Crippen LogP) is 4.71. The minimum atomic E-state index is 0.352. The normalized spacial score (nSPS) is 10.0. The number of benzene rings is 2. The van der Waals surface area contributed by atoms with Crippen LogP contribution in [0.3, 0.4) is 0 Å². The number of carbonyl (C=O) groups is 1. The molecule has 0 unspecified atom stereocenters. The smallest absolute Gasteiger partial charge is 0.155 e. The van der Waals surface area contributed by atoms with Crippen LogP contribution >= 0.6 is 27.5 Å². The molecule has 0 aliphatic rings. The minimum Gasteiger partial charge on any atom is -0.455 e. The maximum atomic E-state index is 10.9. The van der Waals surface area contributed by atoms with E-state index in [9.17, 15) is 4.79 Å². The summed E-state index contributed by atoms with van der Waals surface area (Å²) in [7, 11) is 0. The third kappa shape index (κ3) is 2.68. The highest BCUT2D eigenvalue weighted by Gasteiger charge is 2.09. The Morgan fingerprint density at radius 2 is 1.76 bits per heavy atom. The standard InChI is InChI=1S/C13H8BrClO2/c14-10-4-1-2-6-13(10)17-12-7-3-5-11(15)9(12)8-16/h1-8H. The molecule has 0 bridgehead atoms. The predicted molar refractivity (Wildman–Crippen MR) is 71.1 cm³/mol. The lowest BCUT2D eigenvalue weighted by atomic mass is 10.2. The molecule has 0 fully saturated rings. The molecule has 2 rings (SSSR count). The first-order chi connectivity index (χ1) is 8.22. The third-order valence-electron chi connectivity index (χ3n) is 2.19. The van der Waals surface area contributed by atoms with E-state index in [1.54, 1.807) is 24.3 Å². The maximum Gasteiger partial charge on any atom is 0.155 e. The first kappa shape index (κ1) is 12.1. The highest BCUT2D eigenvalue weighted by Crippen LogP contribution is 2.32. The molecule has 0 atom stereocenters. The summed E-state index contributed by atoms with van der Waals surface area (Å²) in [5.74, 6) is 1.08. The van der Waals surface area contributed by atoms with E-state index in [1.807, 2.05) is 18.2 Å². The van der Waals surface area contributed by atoms with Crippen molar-refractivity contribution in [2.24, 2.45) is 0 Å².